The second-order valence-corrected chi connectivity index (χ2v) is 4.69. The summed E-state index contributed by atoms with van der Waals surface area (Å²) in [7, 11) is 0. The van der Waals surface area contributed by atoms with Gasteiger partial charge >= 0.3 is 35.5 Å². The van der Waals surface area contributed by atoms with Crippen LogP contribution in [0.2, 0.25) is 0 Å². The van der Waals surface area contributed by atoms with E-state index in [2.05, 4.69) is 9.97 Å². The third-order valence-electron chi connectivity index (χ3n) is 3.27. The molecule has 1 fully saturated rings. The van der Waals surface area contributed by atoms with E-state index in [0.29, 0.717) is 38.5 Å². The van der Waals surface area contributed by atoms with E-state index in [0.717, 1.165) is 0 Å². The molecular formula is C12H19N4NaO4. The molecule has 0 spiro atoms. The Morgan fingerprint density at radius 3 is 2.62 bits per heavy atom. The minimum atomic E-state index is -1.04. The van der Waals surface area contributed by atoms with Crippen LogP contribution < -0.4 is 34.5 Å². The van der Waals surface area contributed by atoms with Crippen LogP contribution in [0, 0.1) is 0 Å². The van der Waals surface area contributed by atoms with Crippen LogP contribution in [0.5, 0.6) is 0 Å². The number of rotatable bonds is 5. The van der Waals surface area contributed by atoms with Gasteiger partial charge in [-0.1, -0.05) is 0 Å². The molecule has 0 saturated carbocycles. The summed E-state index contributed by atoms with van der Waals surface area (Å²) in [6.07, 6.45) is 1.89. The Kier molecular flexibility index (Phi) is 7.50. The predicted molar refractivity (Wildman–Crippen MR) is 71.8 cm³/mol. The smallest absolute Gasteiger partial charge is 1.00 e. The summed E-state index contributed by atoms with van der Waals surface area (Å²) >= 11 is 0. The Hall–Kier alpha value is -0.770. The number of aliphatic hydroxyl groups excluding tert-OH is 2. The number of piperazine rings is 1. The number of carboxylic acids is 1. The summed E-state index contributed by atoms with van der Waals surface area (Å²) in [5.74, 6) is -0.617. The normalized spacial score (nSPS) is 17.1. The van der Waals surface area contributed by atoms with Gasteiger partial charge in [0.05, 0.1) is 12.7 Å². The third kappa shape index (κ3) is 4.87. The van der Waals surface area contributed by atoms with E-state index in [4.69, 9.17) is 10.2 Å². The van der Waals surface area contributed by atoms with Gasteiger partial charge in [0, 0.05) is 38.9 Å². The molecule has 3 N–H and O–H groups in total. The van der Waals surface area contributed by atoms with Crippen molar-refractivity contribution >= 4 is 11.8 Å². The molecule has 8 nitrogen and oxygen atoms in total. The van der Waals surface area contributed by atoms with Gasteiger partial charge in [0.2, 0.25) is 0 Å². The molecule has 21 heavy (non-hydrogen) atoms. The van der Waals surface area contributed by atoms with Crippen molar-refractivity contribution in [2.24, 2.45) is 0 Å². The van der Waals surface area contributed by atoms with Gasteiger partial charge in [0.25, 0.3) is 0 Å². The molecule has 9 heteroatoms. The summed E-state index contributed by atoms with van der Waals surface area (Å²) in [5.41, 5.74) is 0.0938. The fourth-order valence-corrected chi connectivity index (χ4v) is 2.22. The first-order valence-corrected chi connectivity index (χ1v) is 6.41. The zero-order valence-electron chi connectivity index (χ0n) is 13.0. The predicted octanol–water partition coefficient (Wildman–Crippen LogP) is -4.23. The molecule has 0 aromatic carbocycles. The maximum absolute atomic E-state index is 11.1. The zero-order valence-corrected chi connectivity index (χ0v) is 14.0. The van der Waals surface area contributed by atoms with E-state index in [1.54, 1.807) is 0 Å². The van der Waals surface area contributed by atoms with E-state index >= 15 is 0 Å². The monoisotopic (exact) mass is 306 g/mol. The van der Waals surface area contributed by atoms with Crippen LogP contribution in [0.3, 0.4) is 0 Å². The Balaban J connectivity index is 0.00000220. The average molecular weight is 306 g/mol. The van der Waals surface area contributed by atoms with E-state index in [1.165, 1.54) is 12.5 Å². The van der Waals surface area contributed by atoms with Crippen LogP contribution >= 0.6 is 0 Å². The number of aromatic carboxylic acids is 1. The summed E-state index contributed by atoms with van der Waals surface area (Å²) in [4.78, 5) is 22.8. The van der Waals surface area contributed by atoms with Crippen LogP contribution in [-0.2, 0) is 0 Å². The molecule has 1 aromatic rings. The van der Waals surface area contributed by atoms with Crippen molar-refractivity contribution in [2.75, 3.05) is 44.2 Å². The second kappa shape index (κ2) is 8.62. The summed E-state index contributed by atoms with van der Waals surface area (Å²) in [5, 5.41) is 27.4. The molecule has 1 aromatic heterocycles. The van der Waals surface area contributed by atoms with Crippen LogP contribution in [0.1, 0.15) is 11.8 Å². The molecule has 2 heterocycles. The Morgan fingerprint density at radius 1 is 1.38 bits per heavy atom. The van der Waals surface area contributed by atoms with Crippen molar-refractivity contribution in [2.45, 2.75) is 6.10 Å². The van der Waals surface area contributed by atoms with E-state index in [-0.39, 0.29) is 43.2 Å². The van der Waals surface area contributed by atoms with E-state index in [9.17, 15) is 9.90 Å². The van der Waals surface area contributed by atoms with Gasteiger partial charge in [-0.2, -0.15) is 0 Å². The summed E-state index contributed by atoms with van der Waals surface area (Å²) in [6.45, 7) is 2.76. The number of hydrogen-bond acceptors (Lipinski definition) is 7. The molecule has 2 rings (SSSR count). The molecule has 1 aliphatic heterocycles. The second-order valence-electron chi connectivity index (χ2n) is 4.69. The number of β-amino-alcohol motifs (C(OH)–C–C–N with tert-alkyl or cyclic N) is 1. The van der Waals surface area contributed by atoms with Crippen LogP contribution in [0.15, 0.2) is 12.5 Å². The maximum Gasteiger partial charge on any atom is 1.00 e. The quantitative estimate of drug-likeness (QED) is 0.469. The number of carboxylic acid groups (broad SMARTS) is 1. The van der Waals surface area contributed by atoms with E-state index in [1.807, 2.05) is 9.80 Å². The maximum atomic E-state index is 11.1. The van der Waals surface area contributed by atoms with Gasteiger partial charge in [0.15, 0.2) is 0 Å². The first-order valence-electron chi connectivity index (χ1n) is 6.41. The Bertz CT molecular complexity index is 474. The van der Waals surface area contributed by atoms with Crippen molar-refractivity contribution in [3.8, 4) is 0 Å². The number of carbonyl (C=O) groups is 1. The minimum absolute atomic E-state index is 0. The molecule has 1 unspecified atom stereocenters. The zero-order chi connectivity index (χ0) is 14.5. The molecule has 0 bridgehead atoms. The van der Waals surface area contributed by atoms with Gasteiger partial charge in [-0.15, -0.1) is 0 Å². The molecule has 0 radical (unpaired) electrons. The average Bonchev–Trinajstić information content (AvgIpc) is 2.48. The number of hydrogen-bond donors (Lipinski definition) is 3. The van der Waals surface area contributed by atoms with Crippen molar-refractivity contribution in [3.63, 3.8) is 0 Å². The van der Waals surface area contributed by atoms with Crippen LogP contribution in [-0.4, -0.2) is 81.6 Å². The Labute approximate surface area is 146 Å². The van der Waals surface area contributed by atoms with Gasteiger partial charge in [-0.3, -0.25) is 4.90 Å². The van der Waals surface area contributed by atoms with Crippen molar-refractivity contribution in [3.05, 3.63) is 18.1 Å². The van der Waals surface area contributed by atoms with Gasteiger partial charge in [0.1, 0.15) is 17.7 Å². The number of aromatic nitrogens is 2. The Morgan fingerprint density at radius 2 is 2.05 bits per heavy atom. The largest absolute Gasteiger partial charge is 1.00 e. The molecule has 0 amide bonds. The fourth-order valence-electron chi connectivity index (χ4n) is 2.22. The standard InChI is InChI=1S/C12H18N4O4.Na.H/c17-7-9(18)6-15-1-3-16(4-2-15)11-10(12(19)20)5-13-8-14-11;;/h5,8-9,17-18H,1-4,6-7H2,(H,19,20);;/q;+1;-1. The molecule has 1 atom stereocenters. The summed E-state index contributed by atoms with van der Waals surface area (Å²) in [6, 6.07) is 0. The molecule has 0 aliphatic carbocycles. The van der Waals surface area contributed by atoms with Gasteiger partial charge in [-0.05, 0) is 0 Å². The molecule has 1 aliphatic rings. The fraction of sp³-hybridized carbons (Fsp3) is 0.583. The SMILES string of the molecule is O=C(O)c1cncnc1N1CCN(CC(O)CO)CC1.[H-].[Na+]. The third-order valence-corrected chi connectivity index (χ3v) is 3.27. The number of nitrogens with zero attached hydrogens (tertiary/aromatic N) is 4. The van der Waals surface area contributed by atoms with Crippen molar-refractivity contribution < 1.29 is 51.1 Å². The van der Waals surface area contributed by atoms with Gasteiger partial charge < -0.3 is 21.6 Å². The van der Waals surface area contributed by atoms with Crippen molar-refractivity contribution in [1.29, 1.82) is 0 Å². The molecular weight excluding hydrogens is 287 g/mol. The first-order chi connectivity index (χ1) is 9.61. The number of anilines is 1. The number of aliphatic hydroxyl groups is 2. The summed E-state index contributed by atoms with van der Waals surface area (Å²) < 4.78 is 0. The molecule has 1 saturated heterocycles. The first kappa shape index (κ1) is 18.3. The minimum Gasteiger partial charge on any atom is -1.00 e. The van der Waals surface area contributed by atoms with Gasteiger partial charge in [-0.25, -0.2) is 14.8 Å². The van der Waals surface area contributed by atoms with E-state index < -0.39 is 12.1 Å². The van der Waals surface area contributed by atoms with Crippen LogP contribution in [0.25, 0.3) is 0 Å². The van der Waals surface area contributed by atoms with Crippen molar-refractivity contribution in [1.82, 2.24) is 14.9 Å². The topological polar surface area (TPSA) is 110 Å². The molecule has 112 valence electrons. The van der Waals surface area contributed by atoms with Crippen LogP contribution in [0.4, 0.5) is 5.82 Å².